The van der Waals surface area contributed by atoms with Gasteiger partial charge in [0.2, 0.25) is 0 Å². The first-order valence-corrected chi connectivity index (χ1v) is 7.41. The molecule has 0 N–H and O–H groups in total. The quantitative estimate of drug-likeness (QED) is 0.523. The summed E-state index contributed by atoms with van der Waals surface area (Å²) in [6.07, 6.45) is 18.4. The van der Waals surface area contributed by atoms with Crippen LogP contribution in [0.15, 0.2) is 12.2 Å². The minimum absolute atomic E-state index is 0.611. The molecule has 0 amide bonds. The monoisotopic (exact) mass is 220 g/mol. The molecule has 0 aliphatic heterocycles. The standard InChI is InChI=1S/C16H28/c1-14(2)15-8-7-12-16(13-9-15)10-5-3-4-6-11-16/h9,13-15H,3-8,10-12H2,1-2H3. The smallest absolute Gasteiger partial charge is 0.0118 e. The fraction of sp³-hybridized carbons (Fsp3) is 0.875. The molecule has 0 heteroatoms. The Balaban J connectivity index is 2.06. The second kappa shape index (κ2) is 5.38. The first-order chi connectivity index (χ1) is 7.72. The largest absolute Gasteiger partial charge is 0.0846 e. The highest BCUT2D eigenvalue weighted by Crippen LogP contribution is 2.43. The van der Waals surface area contributed by atoms with Crippen LogP contribution >= 0.6 is 0 Å². The third-order valence-corrected chi connectivity index (χ3v) is 4.86. The third kappa shape index (κ3) is 2.90. The van der Waals surface area contributed by atoms with E-state index in [1.807, 2.05) is 0 Å². The van der Waals surface area contributed by atoms with E-state index in [-0.39, 0.29) is 0 Å². The summed E-state index contributed by atoms with van der Waals surface area (Å²) in [6, 6.07) is 0. The van der Waals surface area contributed by atoms with Crippen LogP contribution < -0.4 is 0 Å². The highest BCUT2D eigenvalue weighted by atomic mass is 14.3. The summed E-state index contributed by atoms with van der Waals surface area (Å²) < 4.78 is 0. The lowest BCUT2D eigenvalue weighted by atomic mass is 9.77. The van der Waals surface area contributed by atoms with Crippen molar-refractivity contribution in [3.63, 3.8) is 0 Å². The van der Waals surface area contributed by atoms with Gasteiger partial charge in [-0.1, -0.05) is 58.1 Å². The fourth-order valence-electron chi connectivity index (χ4n) is 3.60. The molecule has 0 saturated heterocycles. The zero-order valence-corrected chi connectivity index (χ0v) is 11.2. The van der Waals surface area contributed by atoms with Crippen LogP contribution in [-0.4, -0.2) is 0 Å². The molecular formula is C16H28. The van der Waals surface area contributed by atoms with Gasteiger partial charge >= 0.3 is 0 Å². The van der Waals surface area contributed by atoms with E-state index >= 15 is 0 Å². The Kier molecular flexibility index (Phi) is 4.10. The van der Waals surface area contributed by atoms with E-state index in [1.165, 1.54) is 57.8 Å². The Morgan fingerprint density at radius 1 is 0.938 bits per heavy atom. The van der Waals surface area contributed by atoms with Gasteiger partial charge < -0.3 is 0 Å². The Bertz CT molecular complexity index is 228. The van der Waals surface area contributed by atoms with Gasteiger partial charge in [-0.3, -0.25) is 0 Å². The molecule has 1 unspecified atom stereocenters. The van der Waals surface area contributed by atoms with Crippen LogP contribution in [0.1, 0.15) is 71.6 Å². The SMILES string of the molecule is CC(C)C1C=CC2(CCCCCC2)CCC1. The summed E-state index contributed by atoms with van der Waals surface area (Å²) >= 11 is 0. The molecule has 1 spiro atoms. The van der Waals surface area contributed by atoms with Crippen LogP contribution in [0.3, 0.4) is 0 Å². The number of allylic oxidation sites excluding steroid dienone is 2. The van der Waals surface area contributed by atoms with E-state index in [0.29, 0.717) is 5.41 Å². The summed E-state index contributed by atoms with van der Waals surface area (Å²) in [5.74, 6) is 1.68. The zero-order chi connectivity index (χ0) is 11.4. The molecule has 0 aromatic carbocycles. The van der Waals surface area contributed by atoms with E-state index in [0.717, 1.165) is 11.8 Å². The molecule has 92 valence electrons. The summed E-state index contributed by atoms with van der Waals surface area (Å²) in [6.45, 7) is 4.75. The van der Waals surface area contributed by atoms with Gasteiger partial charge in [0.05, 0.1) is 0 Å². The lowest BCUT2D eigenvalue weighted by molar-refractivity contribution is 0.293. The second-order valence-electron chi connectivity index (χ2n) is 6.44. The second-order valence-corrected chi connectivity index (χ2v) is 6.44. The zero-order valence-electron chi connectivity index (χ0n) is 11.2. The molecule has 0 aromatic rings. The van der Waals surface area contributed by atoms with Crippen LogP contribution in [0.2, 0.25) is 0 Å². The van der Waals surface area contributed by atoms with Crippen molar-refractivity contribution in [1.29, 1.82) is 0 Å². The predicted octanol–water partition coefficient (Wildman–Crippen LogP) is 5.34. The molecule has 1 atom stereocenters. The van der Waals surface area contributed by atoms with Gasteiger partial charge in [0.25, 0.3) is 0 Å². The third-order valence-electron chi connectivity index (χ3n) is 4.86. The van der Waals surface area contributed by atoms with E-state index in [9.17, 15) is 0 Å². The fourth-order valence-corrected chi connectivity index (χ4v) is 3.60. The van der Waals surface area contributed by atoms with Crippen molar-refractivity contribution < 1.29 is 0 Å². The lowest BCUT2D eigenvalue weighted by Crippen LogP contribution is -2.15. The van der Waals surface area contributed by atoms with Gasteiger partial charge in [0.1, 0.15) is 0 Å². The minimum atomic E-state index is 0.611. The molecule has 2 aliphatic rings. The van der Waals surface area contributed by atoms with Gasteiger partial charge in [0.15, 0.2) is 0 Å². The summed E-state index contributed by atoms with van der Waals surface area (Å²) in [7, 11) is 0. The normalized spacial score (nSPS) is 30.3. The summed E-state index contributed by atoms with van der Waals surface area (Å²) in [5, 5.41) is 0. The molecule has 2 rings (SSSR count). The highest BCUT2D eigenvalue weighted by molar-refractivity contribution is 5.05. The molecule has 1 fully saturated rings. The number of rotatable bonds is 1. The van der Waals surface area contributed by atoms with Crippen molar-refractivity contribution in [2.24, 2.45) is 17.3 Å². The Labute approximate surface area is 102 Å². The molecule has 1 saturated carbocycles. The van der Waals surface area contributed by atoms with Crippen molar-refractivity contribution >= 4 is 0 Å². The maximum absolute atomic E-state index is 2.63. The van der Waals surface area contributed by atoms with E-state index in [2.05, 4.69) is 26.0 Å². The van der Waals surface area contributed by atoms with Crippen LogP contribution in [0, 0.1) is 17.3 Å². The van der Waals surface area contributed by atoms with E-state index in [1.54, 1.807) is 0 Å². The molecule has 16 heavy (non-hydrogen) atoms. The van der Waals surface area contributed by atoms with Gasteiger partial charge in [-0.15, -0.1) is 0 Å². The van der Waals surface area contributed by atoms with Crippen LogP contribution in [0.5, 0.6) is 0 Å². The van der Waals surface area contributed by atoms with Gasteiger partial charge in [0, 0.05) is 0 Å². The van der Waals surface area contributed by atoms with Gasteiger partial charge in [-0.05, 0) is 42.9 Å². The van der Waals surface area contributed by atoms with Gasteiger partial charge in [-0.25, -0.2) is 0 Å². The average Bonchev–Trinajstić information content (AvgIpc) is 2.60. The minimum Gasteiger partial charge on any atom is -0.0846 e. The van der Waals surface area contributed by atoms with Crippen LogP contribution in [-0.2, 0) is 0 Å². The first-order valence-electron chi connectivity index (χ1n) is 7.41. The summed E-state index contributed by atoms with van der Waals surface area (Å²) in [5.41, 5.74) is 0.611. The molecule has 2 aliphatic carbocycles. The summed E-state index contributed by atoms with van der Waals surface area (Å²) in [4.78, 5) is 0. The molecule has 0 aromatic heterocycles. The van der Waals surface area contributed by atoms with Crippen LogP contribution in [0.4, 0.5) is 0 Å². The first kappa shape index (κ1) is 12.2. The number of hydrogen-bond acceptors (Lipinski definition) is 0. The maximum atomic E-state index is 2.63. The lowest BCUT2D eigenvalue weighted by Gasteiger charge is -2.28. The van der Waals surface area contributed by atoms with Crippen molar-refractivity contribution in [3.05, 3.63) is 12.2 Å². The molecule has 0 nitrogen and oxygen atoms in total. The predicted molar refractivity (Wildman–Crippen MR) is 71.5 cm³/mol. The Hall–Kier alpha value is -0.260. The molecule has 0 heterocycles. The topological polar surface area (TPSA) is 0 Å². The Morgan fingerprint density at radius 2 is 1.56 bits per heavy atom. The van der Waals surface area contributed by atoms with Crippen molar-refractivity contribution in [2.45, 2.75) is 71.6 Å². The maximum Gasteiger partial charge on any atom is -0.0118 e. The Morgan fingerprint density at radius 3 is 2.19 bits per heavy atom. The van der Waals surface area contributed by atoms with Crippen molar-refractivity contribution in [1.82, 2.24) is 0 Å². The molecule has 0 bridgehead atoms. The molecular weight excluding hydrogens is 192 g/mol. The van der Waals surface area contributed by atoms with Crippen LogP contribution in [0.25, 0.3) is 0 Å². The van der Waals surface area contributed by atoms with Crippen molar-refractivity contribution in [3.8, 4) is 0 Å². The van der Waals surface area contributed by atoms with E-state index in [4.69, 9.17) is 0 Å². The van der Waals surface area contributed by atoms with Gasteiger partial charge in [-0.2, -0.15) is 0 Å². The average molecular weight is 220 g/mol. The molecule has 0 radical (unpaired) electrons. The van der Waals surface area contributed by atoms with E-state index < -0.39 is 0 Å². The highest BCUT2D eigenvalue weighted by Gasteiger charge is 2.30. The van der Waals surface area contributed by atoms with Crippen molar-refractivity contribution in [2.75, 3.05) is 0 Å². The number of hydrogen-bond donors (Lipinski definition) is 0.